The van der Waals surface area contributed by atoms with Gasteiger partial charge in [0, 0.05) is 11.4 Å². The van der Waals surface area contributed by atoms with Gasteiger partial charge < -0.3 is 5.32 Å². The van der Waals surface area contributed by atoms with Crippen molar-refractivity contribution in [2.24, 2.45) is 5.41 Å². The average Bonchev–Trinajstić information content (AvgIpc) is 2.50. The molecule has 1 fully saturated rings. The van der Waals surface area contributed by atoms with Gasteiger partial charge in [-0.3, -0.25) is 4.79 Å². The van der Waals surface area contributed by atoms with Crippen molar-refractivity contribution in [3.63, 3.8) is 0 Å². The largest absolute Gasteiger partial charge is 0.325 e. The quantitative estimate of drug-likeness (QED) is 0.770. The molecule has 0 saturated carbocycles. The van der Waals surface area contributed by atoms with E-state index in [1.807, 2.05) is 13.2 Å². The molecular formula is C11H15NOS2. The summed E-state index contributed by atoms with van der Waals surface area (Å²) in [6.45, 7) is 2.05. The van der Waals surface area contributed by atoms with Crippen molar-refractivity contribution in [1.82, 2.24) is 5.32 Å². The maximum atomic E-state index is 12.0. The first-order chi connectivity index (χ1) is 7.18. The van der Waals surface area contributed by atoms with Crippen LogP contribution in [0.25, 0.3) is 0 Å². The van der Waals surface area contributed by atoms with E-state index in [2.05, 4.69) is 17.5 Å². The number of carbonyl (C=O) groups is 1. The summed E-state index contributed by atoms with van der Waals surface area (Å²) < 4.78 is 0. The molecule has 0 radical (unpaired) electrons. The Morgan fingerprint density at radius 3 is 2.93 bits per heavy atom. The van der Waals surface area contributed by atoms with E-state index >= 15 is 0 Å². The second kappa shape index (κ2) is 4.26. The van der Waals surface area contributed by atoms with E-state index in [0.717, 1.165) is 24.3 Å². The summed E-state index contributed by atoms with van der Waals surface area (Å²) in [6.07, 6.45) is 8.52. The van der Waals surface area contributed by atoms with E-state index in [0.29, 0.717) is 0 Å². The van der Waals surface area contributed by atoms with Gasteiger partial charge in [0.25, 0.3) is 0 Å². The van der Waals surface area contributed by atoms with E-state index < -0.39 is 0 Å². The van der Waals surface area contributed by atoms with Crippen molar-refractivity contribution >= 4 is 27.5 Å². The number of hydrogen-bond donors (Lipinski definition) is 1. The number of rotatable bonds is 3. The molecule has 15 heavy (non-hydrogen) atoms. The van der Waals surface area contributed by atoms with Crippen LogP contribution < -0.4 is 5.32 Å². The lowest BCUT2D eigenvalue weighted by molar-refractivity contribution is -0.124. The molecule has 82 valence electrons. The molecule has 0 aromatic carbocycles. The van der Waals surface area contributed by atoms with Gasteiger partial charge >= 0.3 is 0 Å². The lowest BCUT2D eigenvalue weighted by Crippen LogP contribution is -2.31. The number of nitrogens with one attached hydrogen (secondary N) is 1. The van der Waals surface area contributed by atoms with Gasteiger partial charge in [-0.1, -0.05) is 33.7 Å². The molecule has 2 rings (SSSR count). The fourth-order valence-electron chi connectivity index (χ4n) is 2.02. The Labute approximate surface area is 98.4 Å². The van der Waals surface area contributed by atoms with E-state index in [-0.39, 0.29) is 11.3 Å². The molecule has 1 unspecified atom stereocenters. The summed E-state index contributed by atoms with van der Waals surface area (Å²) >= 11 is 0. The molecule has 0 spiro atoms. The van der Waals surface area contributed by atoms with Crippen LogP contribution in [0.2, 0.25) is 0 Å². The molecule has 1 aliphatic heterocycles. The molecule has 1 heterocycles. The highest BCUT2D eigenvalue weighted by molar-refractivity contribution is 8.76. The smallest absolute Gasteiger partial charge is 0.235 e. The number of carbonyl (C=O) groups excluding carboxylic acids is 1. The van der Waals surface area contributed by atoms with Crippen LogP contribution >= 0.6 is 21.6 Å². The van der Waals surface area contributed by atoms with Crippen molar-refractivity contribution in [2.45, 2.75) is 19.8 Å². The van der Waals surface area contributed by atoms with E-state index in [1.165, 1.54) is 5.57 Å². The van der Waals surface area contributed by atoms with Crippen molar-refractivity contribution < 1.29 is 4.79 Å². The molecule has 0 aromatic heterocycles. The summed E-state index contributed by atoms with van der Waals surface area (Å²) in [4.78, 5) is 12.0. The molecule has 1 amide bonds. The van der Waals surface area contributed by atoms with Crippen LogP contribution in [0.5, 0.6) is 0 Å². The Kier molecular flexibility index (Phi) is 3.16. The van der Waals surface area contributed by atoms with Crippen molar-refractivity contribution in [2.75, 3.05) is 12.0 Å². The lowest BCUT2D eigenvalue weighted by atomic mass is 9.83. The van der Waals surface area contributed by atoms with Gasteiger partial charge in [0.1, 0.15) is 0 Å². The second-order valence-electron chi connectivity index (χ2n) is 4.03. The third-order valence-electron chi connectivity index (χ3n) is 2.96. The molecule has 2 aliphatic rings. The first kappa shape index (κ1) is 11.1. The van der Waals surface area contributed by atoms with Gasteiger partial charge in [0.2, 0.25) is 5.91 Å². The van der Waals surface area contributed by atoms with Crippen LogP contribution in [-0.2, 0) is 4.79 Å². The first-order valence-electron chi connectivity index (χ1n) is 5.07. The van der Waals surface area contributed by atoms with Crippen LogP contribution in [0.15, 0.2) is 23.4 Å². The van der Waals surface area contributed by atoms with Gasteiger partial charge in [-0.15, -0.1) is 0 Å². The highest BCUT2D eigenvalue weighted by atomic mass is 33.1. The Balaban J connectivity index is 2.27. The predicted molar refractivity (Wildman–Crippen MR) is 67.6 cm³/mol. The molecule has 1 atom stereocenters. The number of allylic oxidation sites excluding steroid dienone is 3. The summed E-state index contributed by atoms with van der Waals surface area (Å²) in [5.41, 5.74) is 1.94. The predicted octanol–water partition coefficient (Wildman–Crippen LogP) is 2.74. The zero-order valence-corrected chi connectivity index (χ0v) is 10.6. The maximum absolute atomic E-state index is 12.0. The SMILES string of the molecule is CSSCC1(C)C(=O)NC2=CCCC=C21. The fourth-order valence-corrected chi connectivity index (χ4v) is 3.72. The van der Waals surface area contributed by atoms with Gasteiger partial charge in [-0.25, -0.2) is 0 Å². The maximum Gasteiger partial charge on any atom is 0.235 e. The fraction of sp³-hybridized carbons (Fsp3) is 0.545. The first-order valence-corrected chi connectivity index (χ1v) is 7.79. The molecule has 4 heteroatoms. The van der Waals surface area contributed by atoms with Crippen LogP contribution in [0, 0.1) is 5.41 Å². The molecule has 1 N–H and O–H groups in total. The lowest BCUT2D eigenvalue weighted by Gasteiger charge is -2.22. The van der Waals surface area contributed by atoms with Crippen LogP contribution in [0.3, 0.4) is 0 Å². The van der Waals surface area contributed by atoms with Crippen molar-refractivity contribution in [1.29, 1.82) is 0 Å². The minimum absolute atomic E-state index is 0.156. The minimum atomic E-state index is -0.320. The van der Waals surface area contributed by atoms with Gasteiger partial charge in [0.15, 0.2) is 0 Å². The second-order valence-corrected chi connectivity index (χ2v) is 6.59. The van der Waals surface area contributed by atoms with Gasteiger partial charge in [-0.05, 0) is 31.6 Å². The summed E-state index contributed by atoms with van der Waals surface area (Å²) in [5.74, 6) is 1.01. The van der Waals surface area contributed by atoms with Gasteiger partial charge in [0.05, 0.1) is 5.41 Å². The van der Waals surface area contributed by atoms with Gasteiger partial charge in [-0.2, -0.15) is 0 Å². The standard InChI is InChI=1S/C11H15NOS2/c1-11(7-15-14-2)8-5-3-4-6-9(8)12-10(11)13/h5-6H,3-4,7H2,1-2H3,(H,12,13). The monoisotopic (exact) mass is 241 g/mol. The van der Waals surface area contributed by atoms with E-state index in [1.54, 1.807) is 21.6 Å². The normalized spacial score (nSPS) is 29.3. The Morgan fingerprint density at radius 1 is 1.47 bits per heavy atom. The summed E-state index contributed by atoms with van der Waals surface area (Å²) in [7, 11) is 3.47. The molecule has 0 bridgehead atoms. The molecule has 1 aliphatic carbocycles. The Bertz CT molecular complexity index is 348. The number of amides is 1. The van der Waals surface area contributed by atoms with E-state index in [9.17, 15) is 4.79 Å². The topological polar surface area (TPSA) is 29.1 Å². The van der Waals surface area contributed by atoms with Crippen LogP contribution in [-0.4, -0.2) is 17.9 Å². The average molecular weight is 241 g/mol. The molecular weight excluding hydrogens is 226 g/mol. The highest BCUT2D eigenvalue weighted by Crippen LogP contribution is 2.43. The summed E-state index contributed by atoms with van der Waals surface area (Å²) in [6, 6.07) is 0. The minimum Gasteiger partial charge on any atom is -0.325 e. The molecule has 2 nitrogen and oxygen atoms in total. The Hall–Kier alpha value is -0.350. The summed E-state index contributed by atoms with van der Waals surface area (Å²) in [5, 5.41) is 2.99. The number of fused-ring (bicyclic) bond motifs is 1. The van der Waals surface area contributed by atoms with Crippen LogP contribution in [0.1, 0.15) is 19.8 Å². The zero-order valence-electron chi connectivity index (χ0n) is 9.00. The van der Waals surface area contributed by atoms with Crippen molar-refractivity contribution in [3.05, 3.63) is 23.4 Å². The molecule has 1 saturated heterocycles. The Morgan fingerprint density at radius 2 is 2.20 bits per heavy atom. The van der Waals surface area contributed by atoms with E-state index in [4.69, 9.17) is 0 Å². The highest BCUT2D eigenvalue weighted by Gasteiger charge is 2.45. The van der Waals surface area contributed by atoms with Crippen molar-refractivity contribution in [3.8, 4) is 0 Å². The zero-order chi connectivity index (χ0) is 10.9. The van der Waals surface area contributed by atoms with Crippen LogP contribution in [0.4, 0.5) is 0 Å². The number of hydrogen-bond acceptors (Lipinski definition) is 3. The third kappa shape index (κ3) is 1.85. The third-order valence-corrected chi connectivity index (χ3v) is 4.95. The molecule has 0 aromatic rings.